The Balaban J connectivity index is 2.21. The number of carbonyl (C=O) groups is 1. The highest BCUT2D eigenvalue weighted by molar-refractivity contribution is 5.69. The van der Waals surface area contributed by atoms with Gasteiger partial charge >= 0.3 is 11.7 Å². The van der Waals surface area contributed by atoms with Gasteiger partial charge < -0.3 is 16.2 Å². The maximum atomic E-state index is 11.0. The second-order valence-electron chi connectivity index (χ2n) is 5.04. The molecule has 0 saturated heterocycles. The Labute approximate surface area is 115 Å². The molecular formula is C12H16N4O4. The van der Waals surface area contributed by atoms with E-state index >= 15 is 0 Å². The number of nitrogens with two attached hydrogens (primary N) is 1. The van der Waals surface area contributed by atoms with E-state index in [2.05, 4.69) is 10.3 Å². The van der Waals surface area contributed by atoms with Crippen LogP contribution in [0.1, 0.15) is 32.1 Å². The summed E-state index contributed by atoms with van der Waals surface area (Å²) >= 11 is 0. The summed E-state index contributed by atoms with van der Waals surface area (Å²) in [6.45, 7) is 0. The fraction of sp³-hybridized carbons (Fsp3) is 0.500. The molecule has 0 atom stereocenters. The zero-order valence-corrected chi connectivity index (χ0v) is 10.8. The third-order valence-corrected chi connectivity index (χ3v) is 3.54. The van der Waals surface area contributed by atoms with Crippen LogP contribution in [0.3, 0.4) is 0 Å². The van der Waals surface area contributed by atoms with Crippen molar-refractivity contribution in [1.82, 2.24) is 4.98 Å². The number of aliphatic carboxylic acids is 1. The van der Waals surface area contributed by atoms with Gasteiger partial charge in [-0.2, -0.15) is 0 Å². The van der Waals surface area contributed by atoms with Crippen molar-refractivity contribution in [2.45, 2.75) is 37.6 Å². The van der Waals surface area contributed by atoms with Gasteiger partial charge in [-0.25, -0.2) is 4.98 Å². The summed E-state index contributed by atoms with van der Waals surface area (Å²) < 4.78 is 0. The van der Waals surface area contributed by atoms with Crippen molar-refractivity contribution in [2.24, 2.45) is 0 Å². The lowest BCUT2D eigenvalue weighted by molar-refractivity contribution is -0.384. The summed E-state index contributed by atoms with van der Waals surface area (Å²) in [5, 5.41) is 22.8. The normalized spacial score (nSPS) is 16.8. The van der Waals surface area contributed by atoms with E-state index in [1.54, 1.807) is 0 Å². The quantitative estimate of drug-likeness (QED) is 0.553. The Hall–Kier alpha value is -2.38. The fourth-order valence-electron chi connectivity index (χ4n) is 2.65. The number of hydrogen-bond acceptors (Lipinski definition) is 6. The molecule has 1 aromatic rings. The predicted octanol–water partition coefficient (Wildman–Crippen LogP) is 1.77. The number of pyridine rings is 1. The third kappa shape index (κ3) is 2.95. The molecule has 0 bridgehead atoms. The number of nitro groups is 1. The number of aromatic nitrogens is 1. The number of anilines is 2. The largest absolute Gasteiger partial charge is 0.481 e. The highest BCUT2D eigenvalue weighted by atomic mass is 16.6. The van der Waals surface area contributed by atoms with Gasteiger partial charge in [0.2, 0.25) is 5.82 Å². The Morgan fingerprint density at radius 1 is 1.50 bits per heavy atom. The Bertz CT molecular complexity index is 540. The van der Waals surface area contributed by atoms with Crippen molar-refractivity contribution < 1.29 is 14.8 Å². The third-order valence-electron chi connectivity index (χ3n) is 3.54. The van der Waals surface area contributed by atoms with Gasteiger partial charge in [0.1, 0.15) is 5.82 Å². The van der Waals surface area contributed by atoms with Crippen LogP contribution in [0.4, 0.5) is 17.3 Å². The van der Waals surface area contributed by atoms with E-state index in [4.69, 9.17) is 10.8 Å². The lowest BCUT2D eigenvalue weighted by Gasteiger charge is -2.29. The Morgan fingerprint density at radius 2 is 2.15 bits per heavy atom. The van der Waals surface area contributed by atoms with Crippen LogP contribution in [0.5, 0.6) is 0 Å². The maximum absolute atomic E-state index is 11.0. The van der Waals surface area contributed by atoms with E-state index in [1.165, 1.54) is 12.1 Å². The van der Waals surface area contributed by atoms with E-state index in [0.717, 1.165) is 25.7 Å². The summed E-state index contributed by atoms with van der Waals surface area (Å²) in [5.41, 5.74) is 4.74. The van der Waals surface area contributed by atoms with E-state index in [1.807, 2.05) is 0 Å². The molecule has 0 unspecified atom stereocenters. The monoisotopic (exact) mass is 280 g/mol. The van der Waals surface area contributed by atoms with Gasteiger partial charge in [0, 0.05) is 11.6 Å². The minimum atomic E-state index is -0.880. The van der Waals surface area contributed by atoms with Gasteiger partial charge in [-0.1, -0.05) is 12.8 Å². The summed E-state index contributed by atoms with van der Waals surface area (Å²) in [7, 11) is 0. The fourth-order valence-corrected chi connectivity index (χ4v) is 2.65. The van der Waals surface area contributed by atoms with Gasteiger partial charge in [-0.05, 0) is 18.9 Å². The Morgan fingerprint density at radius 3 is 2.65 bits per heavy atom. The molecule has 108 valence electrons. The van der Waals surface area contributed by atoms with Crippen molar-refractivity contribution >= 4 is 23.3 Å². The molecule has 0 radical (unpaired) electrons. The summed E-state index contributed by atoms with van der Waals surface area (Å²) in [4.78, 5) is 25.0. The van der Waals surface area contributed by atoms with Crippen molar-refractivity contribution in [3.05, 3.63) is 22.2 Å². The molecule has 2 rings (SSSR count). The molecule has 1 aromatic heterocycles. The molecular weight excluding hydrogens is 264 g/mol. The first-order valence-corrected chi connectivity index (χ1v) is 6.33. The number of carboxylic acid groups (broad SMARTS) is 1. The van der Waals surface area contributed by atoms with Crippen LogP contribution >= 0.6 is 0 Å². The van der Waals surface area contributed by atoms with E-state index < -0.39 is 16.4 Å². The topological polar surface area (TPSA) is 131 Å². The number of hydrogen-bond donors (Lipinski definition) is 3. The van der Waals surface area contributed by atoms with Crippen molar-refractivity contribution in [3.8, 4) is 0 Å². The zero-order chi connectivity index (χ0) is 14.8. The zero-order valence-electron chi connectivity index (χ0n) is 10.8. The molecule has 1 aliphatic carbocycles. The molecule has 0 amide bonds. The standard InChI is InChI=1S/C12H16N4O4/c13-11-8(16(19)20)3-4-9(14-11)15-12(7-10(17)18)5-1-2-6-12/h3-4H,1-2,5-7H2,(H,17,18)(H3,13,14,15). The first-order chi connectivity index (χ1) is 9.42. The number of nitrogen functional groups attached to an aromatic ring is 1. The highest BCUT2D eigenvalue weighted by Gasteiger charge is 2.36. The number of rotatable bonds is 5. The van der Waals surface area contributed by atoms with Crippen molar-refractivity contribution in [3.63, 3.8) is 0 Å². The van der Waals surface area contributed by atoms with Crippen LogP contribution < -0.4 is 11.1 Å². The number of carboxylic acids is 1. The van der Waals surface area contributed by atoms with Gasteiger partial charge in [0.15, 0.2) is 0 Å². The first kappa shape index (κ1) is 14.0. The molecule has 0 aromatic carbocycles. The molecule has 1 saturated carbocycles. The van der Waals surface area contributed by atoms with E-state index in [-0.39, 0.29) is 17.9 Å². The lowest BCUT2D eigenvalue weighted by Crippen LogP contribution is -2.37. The predicted molar refractivity (Wildman–Crippen MR) is 72.4 cm³/mol. The van der Waals surface area contributed by atoms with E-state index in [0.29, 0.717) is 5.82 Å². The molecule has 1 aliphatic rings. The van der Waals surface area contributed by atoms with Crippen LogP contribution in [-0.4, -0.2) is 26.5 Å². The van der Waals surface area contributed by atoms with Crippen LogP contribution in [0, 0.1) is 10.1 Å². The van der Waals surface area contributed by atoms with Gasteiger partial charge in [-0.3, -0.25) is 14.9 Å². The molecule has 8 nitrogen and oxygen atoms in total. The van der Waals surface area contributed by atoms with Crippen LogP contribution in [0.15, 0.2) is 12.1 Å². The van der Waals surface area contributed by atoms with E-state index in [9.17, 15) is 14.9 Å². The maximum Gasteiger partial charge on any atom is 0.311 e. The van der Waals surface area contributed by atoms with Gasteiger partial charge in [0.05, 0.1) is 11.3 Å². The minimum Gasteiger partial charge on any atom is -0.481 e. The summed E-state index contributed by atoms with van der Waals surface area (Å²) in [6, 6.07) is 2.73. The smallest absolute Gasteiger partial charge is 0.311 e. The van der Waals surface area contributed by atoms with Crippen LogP contribution in [-0.2, 0) is 4.79 Å². The average molecular weight is 280 g/mol. The number of nitrogens with zero attached hydrogens (tertiary/aromatic N) is 2. The van der Waals surface area contributed by atoms with Crippen molar-refractivity contribution in [2.75, 3.05) is 11.1 Å². The van der Waals surface area contributed by atoms with Crippen molar-refractivity contribution in [1.29, 1.82) is 0 Å². The SMILES string of the molecule is Nc1nc(NC2(CC(=O)O)CCCC2)ccc1[N+](=O)[O-]. The van der Waals surface area contributed by atoms with Crippen LogP contribution in [0.25, 0.3) is 0 Å². The second-order valence-corrected chi connectivity index (χ2v) is 5.04. The van der Waals surface area contributed by atoms with Crippen LogP contribution in [0.2, 0.25) is 0 Å². The first-order valence-electron chi connectivity index (χ1n) is 6.33. The molecule has 4 N–H and O–H groups in total. The molecule has 0 spiro atoms. The molecule has 20 heavy (non-hydrogen) atoms. The minimum absolute atomic E-state index is 0.00836. The lowest BCUT2D eigenvalue weighted by atomic mass is 9.93. The van der Waals surface area contributed by atoms with Gasteiger partial charge in [0.25, 0.3) is 0 Å². The molecule has 0 aliphatic heterocycles. The summed E-state index contributed by atoms with van der Waals surface area (Å²) in [6.07, 6.45) is 3.35. The Kier molecular flexibility index (Phi) is 3.73. The second kappa shape index (κ2) is 5.32. The molecule has 1 fully saturated rings. The molecule has 1 heterocycles. The summed E-state index contributed by atoms with van der Waals surface area (Å²) in [5.74, 6) is -0.686. The highest BCUT2D eigenvalue weighted by Crippen LogP contribution is 2.36. The number of nitrogens with one attached hydrogen (secondary N) is 1. The average Bonchev–Trinajstić information content (AvgIpc) is 2.75. The molecule has 8 heteroatoms. The van der Waals surface area contributed by atoms with Gasteiger partial charge in [-0.15, -0.1) is 0 Å².